The van der Waals surface area contributed by atoms with Crippen LogP contribution in [-0.4, -0.2) is 49.2 Å². The average molecular weight is 348 g/mol. The second-order valence-corrected chi connectivity index (χ2v) is 6.86. The molecule has 140 valence electrons. The van der Waals surface area contributed by atoms with E-state index in [2.05, 4.69) is 39.6 Å². The summed E-state index contributed by atoms with van der Waals surface area (Å²) in [7, 11) is 2.02. The van der Waals surface area contributed by atoms with Crippen LogP contribution in [-0.2, 0) is 11.3 Å². The van der Waals surface area contributed by atoms with Crippen molar-refractivity contribution < 1.29 is 9.53 Å². The van der Waals surface area contributed by atoms with Crippen LogP contribution in [0.25, 0.3) is 0 Å². The monoisotopic (exact) mass is 348 g/mol. The molecule has 0 saturated carbocycles. The minimum absolute atomic E-state index is 0.385. The lowest BCUT2D eigenvalue weighted by molar-refractivity contribution is 0.0527. The Morgan fingerprint density at radius 3 is 2.48 bits per heavy atom. The summed E-state index contributed by atoms with van der Waals surface area (Å²) < 4.78 is 5.20. The van der Waals surface area contributed by atoms with Crippen molar-refractivity contribution in [1.82, 2.24) is 15.5 Å². The van der Waals surface area contributed by atoms with Crippen molar-refractivity contribution in [2.24, 2.45) is 4.99 Å². The molecule has 6 heteroatoms. The Morgan fingerprint density at radius 2 is 1.88 bits per heavy atom. The fourth-order valence-corrected chi connectivity index (χ4v) is 2.17. The van der Waals surface area contributed by atoms with Gasteiger partial charge in [-0.1, -0.05) is 30.3 Å². The Morgan fingerprint density at radius 1 is 1.20 bits per heavy atom. The third-order valence-corrected chi connectivity index (χ3v) is 3.22. The first-order valence-corrected chi connectivity index (χ1v) is 8.82. The SMILES string of the molecule is CCNC(=NCCCNC(=O)OC(C)(C)C)N(C)Cc1ccccc1. The number of carbonyl (C=O) groups is 1. The summed E-state index contributed by atoms with van der Waals surface area (Å²) in [6, 6.07) is 10.3. The molecule has 1 rings (SSSR count). The first-order valence-electron chi connectivity index (χ1n) is 8.82. The molecule has 0 aliphatic rings. The lowest BCUT2D eigenvalue weighted by atomic mass is 10.2. The van der Waals surface area contributed by atoms with Gasteiger partial charge in [0.1, 0.15) is 5.60 Å². The zero-order valence-corrected chi connectivity index (χ0v) is 16.1. The van der Waals surface area contributed by atoms with E-state index in [1.807, 2.05) is 46.0 Å². The summed E-state index contributed by atoms with van der Waals surface area (Å²) in [5, 5.41) is 6.05. The zero-order chi connectivity index (χ0) is 18.7. The molecule has 0 atom stereocenters. The minimum Gasteiger partial charge on any atom is -0.444 e. The number of guanidine groups is 1. The second kappa shape index (κ2) is 10.6. The number of nitrogens with zero attached hydrogens (tertiary/aromatic N) is 2. The third kappa shape index (κ3) is 9.59. The zero-order valence-electron chi connectivity index (χ0n) is 16.1. The van der Waals surface area contributed by atoms with Crippen molar-refractivity contribution in [2.45, 2.75) is 46.3 Å². The first-order chi connectivity index (χ1) is 11.8. The molecular weight excluding hydrogens is 316 g/mol. The molecule has 0 heterocycles. The first kappa shape index (κ1) is 20.8. The highest BCUT2D eigenvalue weighted by Gasteiger charge is 2.15. The molecule has 0 unspecified atom stereocenters. The average Bonchev–Trinajstić information content (AvgIpc) is 2.52. The van der Waals surface area contributed by atoms with Crippen LogP contribution in [0.4, 0.5) is 4.79 Å². The van der Waals surface area contributed by atoms with Crippen LogP contribution in [0.1, 0.15) is 39.7 Å². The molecule has 0 aliphatic carbocycles. The van der Waals surface area contributed by atoms with Crippen molar-refractivity contribution in [3.05, 3.63) is 35.9 Å². The topological polar surface area (TPSA) is 66.0 Å². The van der Waals surface area contributed by atoms with Crippen molar-refractivity contribution in [3.8, 4) is 0 Å². The van der Waals surface area contributed by atoms with E-state index in [1.54, 1.807) is 0 Å². The van der Waals surface area contributed by atoms with Crippen molar-refractivity contribution in [1.29, 1.82) is 0 Å². The van der Waals surface area contributed by atoms with Crippen LogP contribution in [0, 0.1) is 0 Å². The number of ether oxygens (including phenoxy) is 1. The van der Waals surface area contributed by atoms with E-state index in [0.717, 1.165) is 25.5 Å². The van der Waals surface area contributed by atoms with Crippen molar-refractivity contribution >= 4 is 12.1 Å². The summed E-state index contributed by atoms with van der Waals surface area (Å²) in [5.41, 5.74) is 0.767. The number of hydrogen-bond acceptors (Lipinski definition) is 3. The van der Waals surface area contributed by atoms with Gasteiger partial charge >= 0.3 is 6.09 Å². The standard InChI is InChI=1S/C19H32N4O2/c1-6-20-17(23(5)15-16-11-8-7-9-12-16)21-13-10-14-22-18(24)25-19(2,3)4/h7-9,11-12H,6,10,13-15H2,1-5H3,(H,20,21)(H,22,24). The summed E-state index contributed by atoms with van der Waals surface area (Å²) in [6.45, 7) is 10.4. The number of alkyl carbamates (subject to hydrolysis) is 1. The molecule has 25 heavy (non-hydrogen) atoms. The van der Waals surface area contributed by atoms with Crippen LogP contribution in [0.2, 0.25) is 0 Å². The molecule has 1 aromatic rings. The van der Waals surface area contributed by atoms with Crippen LogP contribution in [0.15, 0.2) is 35.3 Å². The quantitative estimate of drug-likeness (QED) is 0.452. The fraction of sp³-hybridized carbons (Fsp3) is 0.579. The molecule has 0 spiro atoms. The number of aliphatic imine (C=N–C) groups is 1. The molecule has 1 aromatic carbocycles. The normalized spacial score (nSPS) is 11.8. The lowest BCUT2D eigenvalue weighted by Gasteiger charge is -2.22. The highest BCUT2D eigenvalue weighted by Crippen LogP contribution is 2.06. The summed E-state index contributed by atoms with van der Waals surface area (Å²) >= 11 is 0. The van der Waals surface area contributed by atoms with Gasteiger partial charge in [-0.25, -0.2) is 4.79 Å². The van der Waals surface area contributed by atoms with E-state index in [0.29, 0.717) is 13.1 Å². The van der Waals surface area contributed by atoms with Gasteiger partial charge in [-0.3, -0.25) is 4.99 Å². The number of nitrogens with one attached hydrogen (secondary N) is 2. The van der Waals surface area contributed by atoms with Gasteiger partial charge in [-0.15, -0.1) is 0 Å². The van der Waals surface area contributed by atoms with Gasteiger partial charge in [0.15, 0.2) is 5.96 Å². The van der Waals surface area contributed by atoms with Crippen LogP contribution in [0.5, 0.6) is 0 Å². The van der Waals surface area contributed by atoms with Gasteiger partial charge in [0.05, 0.1) is 0 Å². The molecule has 0 saturated heterocycles. The van der Waals surface area contributed by atoms with Crippen molar-refractivity contribution in [3.63, 3.8) is 0 Å². The molecule has 0 aliphatic heterocycles. The van der Waals surface area contributed by atoms with E-state index in [9.17, 15) is 4.79 Å². The van der Waals surface area contributed by atoms with Crippen LogP contribution >= 0.6 is 0 Å². The Balaban J connectivity index is 2.41. The Kier molecular flexibility index (Phi) is 8.81. The second-order valence-electron chi connectivity index (χ2n) is 6.86. The number of hydrogen-bond donors (Lipinski definition) is 2. The largest absolute Gasteiger partial charge is 0.444 e. The van der Waals surface area contributed by atoms with E-state index in [-0.39, 0.29) is 6.09 Å². The molecule has 0 bridgehead atoms. The van der Waals surface area contributed by atoms with E-state index < -0.39 is 5.60 Å². The maximum absolute atomic E-state index is 11.6. The van der Waals surface area contributed by atoms with E-state index >= 15 is 0 Å². The van der Waals surface area contributed by atoms with E-state index in [4.69, 9.17) is 4.74 Å². The Hall–Kier alpha value is -2.24. The fourth-order valence-electron chi connectivity index (χ4n) is 2.17. The highest BCUT2D eigenvalue weighted by atomic mass is 16.6. The third-order valence-electron chi connectivity index (χ3n) is 3.22. The molecule has 0 radical (unpaired) electrons. The number of carbonyl (C=O) groups excluding carboxylic acids is 1. The number of rotatable bonds is 7. The summed E-state index contributed by atoms with van der Waals surface area (Å²) in [5.74, 6) is 0.864. The maximum atomic E-state index is 11.6. The van der Waals surface area contributed by atoms with Gasteiger partial charge in [0.25, 0.3) is 0 Å². The molecule has 2 N–H and O–H groups in total. The smallest absolute Gasteiger partial charge is 0.407 e. The molecule has 6 nitrogen and oxygen atoms in total. The van der Waals surface area contributed by atoms with Gasteiger partial charge in [0.2, 0.25) is 0 Å². The van der Waals surface area contributed by atoms with Crippen molar-refractivity contribution in [2.75, 3.05) is 26.7 Å². The molecule has 0 fully saturated rings. The Labute approximate surface area is 151 Å². The van der Waals surface area contributed by atoms with Crippen LogP contribution in [0.3, 0.4) is 0 Å². The molecule has 1 amide bonds. The minimum atomic E-state index is -0.472. The van der Waals surface area contributed by atoms with Crippen LogP contribution < -0.4 is 10.6 Å². The van der Waals surface area contributed by atoms with E-state index in [1.165, 1.54) is 5.56 Å². The highest BCUT2D eigenvalue weighted by molar-refractivity contribution is 5.79. The van der Waals surface area contributed by atoms with Gasteiger partial charge in [-0.2, -0.15) is 0 Å². The van der Waals surface area contributed by atoms with Gasteiger partial charge < -0.3 is 20.3 Å². The summed E-state index contributed by atoms with van der Waals surface area (Å²) in [4.78, 5) is 18.3. The Bertz CT molecular complexity index is 538. The lowest BCUT2D eigenvalue weighted by Crippen LogP contribution is -2.38. The summed E-state index contributed by atoms with van der Waals surface area (Å²) in [6.07, 6.45) is 0.373. The predicted molar refractivity (Wildman–Crippen MR) is 103 cm³/mol. The number of amides is 1. The number of benzene rings is 1. The molecular formula is C19H32N4O2. The maximum Gasteiger partial charge on any atom is 0.407 e. The van der Waals surface area contributed by atoms with Gasteiger partial charge in [-0.05, 0) is 39.7 Å². The molecule has 0 aromatic heterocycles. The predicted octanol–water partition coefficient (Wildman–Crippen LogP) is 3.00. The van der Waals surface area contributed by atoms with Gasteiger partial charge in [0, 0.05) is 33.2 Å².